The van der Waals surface area contributed by atoms with Gasteiger partial charge in [0.2, 0.25) is 0 Å². The van der Waals surface area contributed by atoms with Crippen molar-refractivity contribution in [2.45, 2.75) is 12.1 Å². The predicted molar refractivity (Wildman–Crippen MR) is 193 cm³/mol. The summed E-state index contributed by atoms with van der Waals surface area (Å²) in [6.07, 6.45) is 3.20. The van der Waals surface area contributed by atoms with E-state index in [0.717, 1.165) is 0 Å². The first-order valence-electron chi connectivity index (χ1n) is 15.4. The summed E-state index contributed by atoms with van der Waals surface area (Å²) in [5, 5.41) is 50.2. The topological polar surface area (TPSA) is 130 Å². The summed E-state index contributed by atoms with van der Waals surface area (Å²) in [6, 6.07) is 41.7. The first-order chi connectivity index (χ1) is 23.5. The molecule has 6 rings (SSSR count). The molecule has 48 heavy (non-hydrogen) atoms. The molecule has 0 bridgehead atoms. The first-order valence-corrected chi connectivity index (χ1v) is 15.4. The lowest BCUT2D eigenvalue weighted by molar-refractivity contribution is 0.447. The van der Waals surface area contributed by atoms with Crippen molar-refractivity contribution in [2.75, 3.05) is 10.6 Å². The molecule has 0 heterocycles. The van der Waals surface area contributed by atoms with Gasteiger partial charge in [-0.3, -0.25) is 9.98 Å². The lowest BCUT2D eigenvalue weighted by atomic mass is 9.91. The van der Waals surface area contributed by atoms with Crippen molar-refractivity contribution in [1.82, 2.24) is 0 Å². The minimum atomic E-state index is -0.656. The fourth-order valence-electron chi connectivity index (χ4n) is 5.41. The molecule has 6 aromatic rings. The predicted octanol–water partition coefficient (Wildman–Crippen LogP) is 9.02. The fourth-order valence-corrected chi connectivity index (χ4v) is 5.41. The Hall–Kier alpha value is -6.54. The molecule has 0 spiro atoms. The van der Waals surface area contributed by atoms with E-state index in [-0.39, 0.29) is 23.0 Å². The van der Waals surface area contributed by atoms with Crippen LogP contribution in [0.5, 0.6) is 23.0 Å². The Morgan fingerprint density at radius 2 is 0.729 bits per heavy atom. The Bertz CT molecular complexity index is 1930. The van der Waals surface area contributed by atoms with E-state index in [2.05, 4.69) is 10.6 Å². The molecule has 0 saturated carbocycles. The Kier molecular flexibility index (Phi) is 9.63. The zero-order valence-corrected chi connectivity index (χ0v) is 25.8. The van der Waals surface area contributed by atoms with Crippen LogP contribution >= 0.6 is 0 Å². The van der Waals surface area contributed by atoms with Crippen LogP contribution in [0.2, 0.25) is 0 Å². The lowest BCUT2D eigenvalue weighted by Gasteiger charge is -2.32. The number of aliphatic imine (C=N–C) groups is 2. The van der Waals surface area contributed by atoms with Crippen molar-refractivity contribution >= 4 is 35.2 Å². The highest BCUT2D eigenvalue weighted by molar-refractivity contribution is 5.88. The van der Waals surface area contributed by atoms with E-state index in [1.54, 1.807) is 73.1 Å². The smallest absolute Gasteiger partial charge is 0.124 e. The van der Waals surface area contributed by atoms with Crippen LogP contribution in [-0.4, -0.2) is 32.9 Å². The van der Waals surface area contributed by atoms with Gasteiger partial charge in [-0.2, -0.15) is 0 Å². The van der Waals surface area contributed by atoms with Crippen molar-refractivity contribution in [3.05, 3.63) is 168 Å². The number of phenols is 4. The van der Waals surface area contributed by atoms with Gasteiger partial charge in [0.15, 0.2) is 0 Å². The molecule has 6 aromatic carbocycles. The summed E-state index contributed by atoms with van der Waals surface area (Å²) >= 11 is 0. The molecular weight excluding hydrogens is 600 g/mol. The van der Waals surface area contributed by atoms with Gasteiger partial charge < -0.3 is 31.1 Å². The van der Waals surface area contributed by atoms with Crippen LogP contribution in [0.3, 0.4) is 0 Å². The quantitative estimate of drug-likeness (QED) is 0.0789. The maximum absolute atomic E-state index is 11.2. The van der Waals surface area contributed by atoms with Gasteiger partial charge in [-0.15, -0.1) is 0 Å². The number of nitrogens with zero attached hydrogens (tertiary/aromatic N) is 2. The molecule has 0 fully saturated rings. The van der Waals surface area contributed by atoms with Crippen LogP contribution in [0.15, 0.2) is 156 Å². The average Bonchev–Trinajstić information content (AvgIpc) is 3.11. The van der Waals surface area contributed by atoms with Crippen molar-refractivity contribution in [1.29, 1.82) is 0 Å². The second-order valence-electron chi connectivity index (χ2n) is 11.0. The molecule has 0 unspecified atom stereocenters. The van der Waals surface area contributed by atoms with Crippen LogP contribution in [0.25, 0.3) is 0 Å². The van der Waals surface area contributed by atoms with Gasteiger partial charge >= 0.3 is 0 Å². The standard InChI is InChI=1S/C40H34N4O4/c45-35-21-9-1-13-27(35)25-41-31-17-5-7-19-33(31)43-39(29-15-3-11-23-37(29)47)40(30-16-4-12-24-38(30)48)44-34-20-8-6-18-32(34)42-26-28-14-2-10-22-36(28)46/h1-26,39-40,43-48H/t39-,40+. The van der Waals surface area contributed by atoms with Crippen molar-refractivity contribution in [2.24, 2.45) is 9.98 Å². The molecule has 8 nitrogen and oxygen atoms in total. The number of hydrogen-bond donors (Lipinski definition) is 6. The highest BCUT2D eigenvalue weighted by Crippen LogP contribution is 2.43. The maximum atomic E-state index is 11.2. The van der Waals surface area contributed by atoms with E-state index in [4.69, 9.17) is 9.98 Å². The molecule has 0 radical (unpaired) electrons. The molecule has 0 saturated heterocycles. The Morgan fingerprint density at radius 1 is 0.396 bits per heavy atom. The zero-order valence-electron chi connectivity index (χ0n) is 25.8. The number of benzene rings is 6. The Balaban J connectivity index is 1.45. The third kappa shape index (κ3) is 7.29. The first kappa shape index (κ1) is 31.4. The van der Waals surface area contributed by atoms with E-state index in [9.17, 15) is 20.4 Å². The number of aromatic hydroxyl groups is 4. The summed E-state index contributed by atoms with van der Waals surface area (Å²) < 4.78 is 0. The van der Waals surface area contributed by atoms with Crippen molar-refractivity contribution in [3.63, 3.8) is 0 Å². The molecule has 0 aliphatic rings. The molecule has 8 heteroatoms. The summed E-state index contributed by atoms with van der Waals surface area (Å²) in [5.41, 5.74) is 4.81. The zero-order chi connectivity index (χ0) is 33.3. The monoisotopic (exact) mass is 634 g/mol. The Morgan fingerprint density at radius 3 is 1.12 bits per heavy atom. The van der Waals surface area contributed by atoms with Gasteiger partial charge in [-0.05, 0) is 60.7 Å². The molecule has 238 valence electrons. The molecule has 0 amide bonds. The van der Waals surface area contributed by atoms with Crippen LogP contribution in [0.1, 0.15) is 34.3 Å². The highest BCUT2D eigenvalue weighted by Gasteiger charge is 2.30. The van der Waals surface area contributed by atoms with Crippen LogP contribution in [0, 0.1) is 0 Å². The van der Waals surface area contributed by atoms with E-state index in [0.29, 0.717) is 45.0 Å². The molecule has 0 aliphatic heterocycles. The highest BCUT2D eigenvalue weighted by atomic mass is 16.3. The minimum Gasteiger partial charge on any atom is -0.508 e. The molecule has 2 atom stereocenters. The van der Waals surface area contributed by atoms with Crippen LogP contribution in [0.4, 0.5) is 22.7 Å². The fraction of sp³-hybridized carbons (Fsp3) is 0.0500. The second kappa shape index (κ2) is 14.7. The maximum Gasteiger partial charge on any atom is 0.124 e. The SMILES string of the molecule is Oc1ccccc1C=Nc1ccccc1N[C@H](c1ccccc1O)[C@@H](Nc1ccccc1N=Cc1ccccc1O)c1ccccc1O. The number of hydrogen-bond acceptors (Lipinski definition) is 8. The molecule has 0 aromatic heterocycles. The summed E-state index contributed by atoms with van der Waals surface area (Å²) in [4.78, 5) is 9.39. The van der Waals surface area contributed by atoms with Gasteiger partial charge in [0.05, 0.1) is 34.8 Å². The molecule has 0 aliphatic carbocycles. The lowest BCUT2D eigenvalue weighted by Crippen LogP contribution is -2.26. The third-order valence-corrected chi connectivity index (χ3v) is 7.87. The van der Waals surface area contributed by atoms with Gasteiger partial charge in [0.25, 0.3) is 0 Å². The van der Waals surface area contributed by atoms with Gasteiger partial charge in [-0.1, -0.05) is 84.9 Å². The average molecular weight is 635 g/mol. The van der Waals surface area contributed by atoms with Crippen molar-refractivity contribution in [3.8, 4) is 23.0 Å². The summed E-state index contributed by atoms with van der Waals surface area (Å²) in [6.45, 7) is 0. The minimum absolute atomic E-state index is 0.0678. The summed E-state index contributed by atoms with van der Waals surface area (Å²) in [5.74, 6) is 0.370. The summed E-state index contributed by atoms with van der Waals surface area (Å²) in [7, 11) is 0. The van der Waals surface area contributed by atoms with Crippen LogP contribution in [-0.2, 0) is 0 Å². The number of nitrogens with one attached hydrogen (secondary N) is 2. The van der Waals surface area contributed by atoms with Crippen molar-refractivity contribution < 1.29 is 20.4 Å². The van der Waals surface area contributed by atoms with Gasteiger partial charge in [0, 0.05) is 34.7 Å². The van der Waals surface area contributed by atoms with Crippen LogP contribution < -0.4 is 10.6 Å². The van der Waals surface area contributed by atoms with Gasteiger partial charge in [-0.25, -0.2) is 0 Å². The van der Waals surface area contributed by atoms with Gasteiger partial charge in [0.1, 0.15) is 23.0 Å². The molecule has 6 N–H and O–H groups in total. The third-order valence-electron chi connectivity index (χ3n) is 7.87. The number of anilines is 2. The number of rotatable bonds is 11. The molecular formula is C40H34N4O4. The largest absolute Gasteiger partial charge is 0.508 e. The normalized spacial score (nSPS) is 12.6. The Labute approximate surface area is 278 Å². The van der Waals surface area contributed by atoms with E-state index >= 15 is 0 Å². The van der Waals surface area contributed by atoms with E-state index in [1.807, 2.05) is 84.9 Å². The van der Waals surface area contributed by atoms with E-state index < -0.39 is 12.1 Å². The number of para-hydroxylation sites is 8. The van der Waals surface area contributed by atoms with E-state index in [1.165, 1.54) is 0 Å². The number of phenolic OH excluding ortho intramolecular Hbond substituents is 4. The second-order valence-corrected chi connectivity index (χ2v) is 11.0.